The van der Waals surface area contributed by atoms with Gasteiger partial charge in [-0.25, -0.2) is 0 Å². The summed E-state index contributed by atoms with van der Waals surface area (Å²) >= 11 is 0. The fraction of sp³-hybridized carbons (Fsp3) is 0.533. The smallest absolute Gasteiger partial charge is 0.119 e. The molecule has 0 aromatic heterocycles. The summed E-state index contributed by atoms with van der Waals surface area (Å²) in [7, 11) is 0. The van der Waals surface area contributed by atoms with Crippen LogP contribution in [0.5, 0.6) is 0 Å². The summed E-state index contributed by atoms with van der Waals surface area (Å²) in [4.78, 5) is 7.23. The van der Waals surface area contributed by atoms with Crippen molar-refractivity contribution in [3.8, 4) is 0 Å². The Labute approximate surface area is 109 Å². The number of aryl methyl sites for hydroxylation is 1. The molecule has 0 aliphatic carbocycles. The van der Waals surface area contributed by atoms with Crippen LogP contribution in [0, 0.1) is 6.92 Å². The van der Waals surface area contributed by atoms with Gasteiger partial charge in [0.15, 0.2) is 0 Å². The maximum atomic E-state index is 4.66. The van der Waals surface area contributed by atoms with E-state index in [1.54, 1.807) is 0 Å². The number of likely N-dealkylation sites (tertiary alicyclic amines) is 1. The van der Waals surface area contributed by atoms with Gasteiger partial charge in [-0.2, -0.15) is 0 Å². The van der Waals surface area contributed by atoms with E-state index >= 15 is 0 Å². The molecule has 3 rings (SSSR count). The van der Waals surface area contributed by atoms with Crippen molar-refractivity contribution >= 4 is 5.84 Å². The van der Waals surface area contributed by atoms with E-state index in [2.05, 4.69) is 46.4 Å². The van der Waals surface area contributed by atoms with Gasteiger partial charge < -0.3 is 5.32 Å². The van der Waals surface area contributed by atoms with Gasteiger partial charge in [0.05, 0.1) is 12.6 Å². The van der Waals surface area contributed by atoms with Crippen molar-refractivity contribution in [2.75, 3.05) is 26.2 Å². The quantitative estimate of drug-likeness (QED) is 0.880. The molecule has 2 aliphatic heterocycles. The van der Waals surface area contributed by atoms with Crippen molar-refractivity contribution in [2.45, 2.75) is 25.8 Å². The summed E-state index contributed by atoms with van der Waals surface area (Å²) < 4.78 is 0. The van der Waals surface area contributed by atoms with Crippen LogP contribution in [0.2, 0.25) is 0 Å². The number of hydrogen-bond acceptors (Lipinski definition) is 3. The number of nitrogens with zero attached hydrogens (tertiary/aromatic N) is 2. The molecule has 1 aromatic rings. The van der Waals surface area contributed by atoms with Crippen molar-refractivity contribution in [3.05, 3.63) is 35.4 Å². The minimum atomic E-state index is 0.344. The summed E-state index contributed by atoms with van der Waals surface area (Å²) in [6.45, 7) is 6.50. The lowest BCUT2D eigenvalue weighted by molar-refractivity contribution is 0.300. The molecule has 1 atom stereocenters. The maximum Gasteiger partial charge on any atom is 0.119 e. The van der Waals surface area contributed by atoms with Gasteiger partial charge in [-0.3, -0.25) is 9.89 Å². The lowest BCUT2D eigenvalue weighted by Crippen LogP contribution is -2.37. The van der Waals surface area contributed by atoms with Gasteiger partial charge in [-0.05, 0) is 44.0 Å². The second-order valence-corrected chi connectivity index (χ2v) is 5.20. The zero-order valence-corrected chi connectivity index (χ0v) is 11.0. The molecule has 1 aromatic carbocycles. The normalized spacial score (nSPS) is 21.7. The molecule has 0 bridgehead atoms. The highest BCUT2D eigenvalue weighted by Crippen LogP contribution is 2.28. The average Bonchev–Trinajstić information content (AvgIpc) is 3.05. The summed E-state index contributed by atoms with van der Waals surface area (Å²) in [5.41, 5.74) is 2.78. The molecule has 0 spiro atoms. The maximum absolute atomic E-state index is 4.66. The second-order valence-electron chi connectivity index (χ2n) is 5.20. The summed E-state index contributed by atoms with van der Waals surface area (Å²) in [5.74, 6) is 1.17. The van der Waals surface area contributed by atoms with Gasteiger partial charge in [-0.15, -0.1) is 0 Å². The largest absolute Gasteiger partial charge is 0.370 e. The highest BCUT2D eigenvalue weighted by atomic mass is 15.2. The monoisotopic (exact) mass is 243 g/mol. The molecule has 3 heteroatoms. The minimum Gasteiger partial charge on any atom is -0.370 e. The first kappa shape index (κ1) is 11.7. The highest BCUT2D eigenvalue weighted by molar-refractivity contribution is 5.90. The molecule has 1 fully saturated rings. The van der Waals surface area contributed by atoms with Gasteiger partial charge in [-0.1, -0.05) is 24.3 Å². The van der Waals surface area contributed by atoms with E-state index in [9.17, 15) is 0 Å². The zero-order valence-electron chi connectivity index (χ0n) is 11.0. The summed E-state index contributed by atoms with van der Waals surface area (Å²) in [6, 6.07) is 9.05. The first-order valence-electron chi connectivity index (χ1n) is 6.94. The third-order valence-electron chi connectivity index (χ3n) is 3.95. The number of aliphatic imine (C=N–C) groups is 1. The molecule has 0 saturated carbocycles. The number of hydrogen-bond donors (Lipinski definition) is 1. The molecule has 0 radical (unpaired) electrons. The van der Waals surface area contributed by atoms with Crippen LogP contribution in [0.3, 0.4) is 0 Å². The number of rotatable bonds is 3. The van der Waals surface area contributed by atoms with Crippen molar-refractivity contribution in [1.82, 2.24) is 10.2 Å². The topological polar surface area (TPSA) is 27.6 Å². The fourth-order valence-corrected chi connectivity index (χ4v) is 3.01. The van der Waals surface area contributed by atoms with Gasteiger partial charge in [0.2, 0.25) is 0 Å². The third-order valence-corrected chi connectivity index (χ3v) is 3.95. The Balaban J connectivity index is 1.96. The highest BCUT2D eigenvalue weighted by Gasteiger charge is 2.29. The SMILES string of the molecule is Cc1ccccc1C(C1=NCCN1)N1CCCC1. The molecular formula is C15H21N3. The van der Waals surface area contributed by atoms with Crippen LogP contribution in [0.25, 0.3) is 0 Å². The lowest BCUT2D eigenvalue weighted by Gasteiger charge is -2.29. The molecule has 0 amide bonds. The Morgan fingerprint density at radius 1 is 1.22 bits per heavy atom. The van der Waals surface area contributed by atoms with E-state index in [-0.39, 0.29) is 0 Å². The number of benzene rings is 1. The molecule has 1 saturated heterocycles. The molecule has 2 aliphatic rings. The van der Waals surface area contributed by atoms with E-state index in [0.717, 1.165) is 13.1 Å². The van der Waals surface area contributed by atoms with Crippen LogP contribution in [0.15, 0.2) is 29.3 Å². The number of nitrogens with one attached hydrogen (secondary N) is 1. The predicted octanol–water partition coefficient (Wildman–Crippen LogP) is 2.13. The van der Waals surface area contributed by atoms with E-state index in [4.69, 9.17) is 0 Å². The van der Waals surface area contributed by atoms with E-state index < -0.39 is 0 Å². The second kappa shape index (κ2) is 5.11. The summed E-state index contributed by atoms with van der Waals surface area (Å²) in [6.07, 6.45) is 2.63. The Bertz CT molecular complexity index is 447. The predicted molar refractivity (Wildman–Crippen MR) is 75.0 cm³/mol. The number of amidine groups is 1. The summed E-state index contributed by atoms with van der Waals surface area (Å²) in [5, 5.41) is 3.47. The minimum absolute atomic E-state index is 0.344. The Morgan fingerprint density at radius 3 is 2.67 bits per heavy atom. The van der Waals surface area contributed by atoms with Crippen molar-refractivity contribution < 1.29 is 0 Å². The first-order chi connectivity index (χ1) is 8.86. The van der Waals surface area contributed by atoms with E-state index in [1.807, 2.05) is 0 Å². The van der Waals surface area contributed by atoms with Gasteiger partial charge in [0, 0.05) is 6.54 Å². The molecule has 1 unspecified atom stereocenters. The molecule has 3 nitrogen and oxygen atoms in total. The lowest BCUT2D eigenvalue weighted by atomic mass is 9.99. The van der Waals surface area contributed by atoms with E-state index in [0.29, 0.717) is 6.04 Å². The Kier molecular flexibility index (Phi) is 3.33. The van der Waals surface area contributed by atoms with Crippen molar-refractivity contribution in [3.63, 3.8) is 0 Å². The molecule has 1 N–H and O–H groups in total. The average molecular weight is 243 g/mol. The van der Waals surface area contributed by atoms with Crippen LogP contribution in [0.4, 0.5) is 0 Å². The van der Waals surface area contributed by atoms with Crippen LogP contribution < -0.4 is 5.32 Å². The fourth-order valence-electron chi connectivity index (χ4n) is 3.01. The Hall–Kier alpha value is -1.35. The molecule has 18 heavy (non-hydrogen) atoms. The first-order valence-corrected chi connectivity index (χ1v) is 6.94. The standard InChI is InChI=1S/C15H21N3/c1-12-6-2-3-7-13(12)14(15-16-8-9-17-15)18-10-4-5-11-18/h2-3,6-7,14H,4-5,8-11H2,1H3,(H,16,17). The van der Waals surface area contributed by atoms with Crippen LogP contribution >= 0.6 is 0 Å². The van der Waals surface area contributed by atoms with Crippen LogP contribution in [0.1, 0.15) is 30.0 Å². The molecular weight excluding hydrogens is 222 g/mol. The van der Waals surface area contributed by atoms with Crippen LogP contribution in [-0.2, 0) is 0 Å². The van der Waals surface area contributed by atoms with Gasteiger partial charge in [0.1, 0.15) is 5.84 Å². The van der Waals surface area contributed by atoms with Gasteiger partial charge in [0.25, 0.3) is 0 Å². The zero-order chi connectivity index (χ0) is 12.4. The third kappa shape index (κ3) is 2.15. The Morgan fingerprint density at radius 2 is 2.00 bits per heavy atom. The van der Waals surface area contributed by atoms with Crippen molar-refractivity contribution in [2.24, 2.45) is 4.99 Å². The van der Waals surface area contributed by atoms with Crippen molar-refractivity contribution in [1.29, 1.82) is 0 Å². The van der Waals surface area contributed by atoms with E-state index in [1.165, 1.54) is 42.9 Å². The molecule has 96 valence electrons. The van der Waals surface area contributed by atoms with Gasteiger partial charge >= 0.3 is 0 Å². The molecule has 2 heterocycles. The van der Waals surface area contributed by atoms with Crippen LogP contribution in [-0.4, -0.2) is 36.9 Å².